The van der Waals surface area contributed by atoms with Crippen molar-refractivity contribution in [1.82, 2.24) is 0 Å². The highest BCUT2D eigenvalue weighted by Gasteiger charge is 2.07. The van der Waals surface area contributed by atoms with E-state index in [2.05, 4.69) is 0 Å². The van der Waals surface area contributed by atoms with Gasteiger partial charge in [0.05, 0.1) is 0 Å². The molecule has 0 unspecified atom stereocenters. The summed E-state index contributed by atoms with van der Waals surface area (Å²) >= 11 is 0. The third-order valence-electron chi connectivity index (χ3n) is 2.08. The van der Waals surface area contributed by atoms with Gasteiger partial charge in [-0.1, -0.05) is 18.2 Å². The van der Waals surface area contributed by atoms with Crippen molar-refractivity contribution in [2.24, 2.45) is 0 Å². The van der Waals surface area contributed by atoms with Gasteiger partial charge in [-0.15, -0.1) is 0 Å². The van der Waals surface area contributed by atoms with E-state index in [0.717, 1.165) is 16.2 Å². The minimum Gasteiger partial charge on any atom is -0.451 e. The molecular formula is C12H12NO2+. The lowest BCUT2D eigenvalue weighted by atomic mass is 10.3. The van der Waals surface area contributed by atoms with Gasteiger partial charge in [-0.2, -0.15) is 0 Å². The number of para-hydroxylation sites is 1. The second-order valence-electron chi connectivity index (χ2n) is 3.27. The Hall–Kier alpha value is -2.03. The van der Waals surface area contributed by atoms with Crippen LogP contribution in [-0.4, -0.2) is 5.21 Å². The lowest BCUT2D eigenvalue weighted by molar-refractivity contribution is -0.908. The number of pyridine rings is 1. The second kappa shape index (κ2) is 4.00. The number of rotatable bonds is 2. The van der Waals surface area contributed by atoms with Gasteiger partial charge in [-0.25, -0.2) is 0 Å². The largest absolute Gasteiger partial charge is 0.451 e. The molecule has 15 heavy (non-hydrogen) atoms. The van der Waals surface area contributed by atoms with Crippen LogP contribution in [0.1, 0.15) is 5.69 Å². The van der Waals surface area contributed by atoms with Crippen molar-refractivity contribution in [3.8, 4) is 11.5 Å². The van der Waals surface area contributed by atoms with Gasteiger partial charge in [-0.05, 0) is 18.2 Å². The zero-order valence-electron chi connectivity index (χ0n) is 8.42. The number of hydrogen-bond acceptors (Lipinski definition) is 2. The highest BCUT2D eigenvalue weighted by atomic mass is 16.5. The van der Waals surface area contributed by atoms with Gasteiger partial charge in [0.1, 0.15) is 5.75 Å². The van der Waals surface area contributed by atoms with Gasteiger partial charge in [-0.3, -0.25) is 5.21 Å². The van der Waals surface area contributed by atoms with E-state index in [9.17, 15) is 5.21 Å². The fourth-order valence-electron chi connectivity index (χ4n) is 1.23. The molecule has 2 rings (SSSR count). The van der Waals surface area contributed by atoms with Gasteiger partial charge in [0.15, 0.2) is 5.75 Å². The molecule has 0 atom stereocenters. The summed E-state index contributed by atoms with van der Waals surface area (Å²) in [6.07, 6.45) is 1.53. The Labute approximate surface area is 88.1 Å². The Morgan fingerprint density at radius 2 is 1.73 bits per heavy atom. The molecule has 1 heterocycles. The summed E-state index contributed by atoms with van der Waals surface area (Å²) in [5, 5.41) is 9.41. The molecule has 0 amide bonds. The van der Waals surface area contributed by atoms with E-state index in [1.807, 2.05) is 43.3 Å². The molecule has 0 aliphatic carbocycles. The summed E-state index contributed by atoms with van der Waals surface area (Å²) in [6.45, 7) is 1.81. The smallest absolute Gasteiger partial charge is 0.264 e. The fraction of sp³-hybridized carbons (Fsp3) is 0.0833. The van der Waals surface area contributed by atoms with Crippen molar-refractivity contribution >= 4 is 0 Å². The summed E-state index contributed by atoms with van der Waals surface area (Å²) in [6, 6.07) is 13.1. The number of aryl methyl sites for hydroxylation is 1. The Kier molecular flexibility index (Phi) is 2.54. The topological polar surface area (TPSA) is 33.3 Å². The first-order valence-electron chi connectivity index (χ1n) is 4.70. The van der Waals surface area contributed by atoms with E-state index in [1.165, 1.54) is 6.20 Å². The van der Waals surface area contributed by atoms with Crippen LogP contribution >= 0.6 is 0 Å². The first-order chi connectivity index (χ1) is 7.25. The van der Waals surface area contributed by atoms with Crippen LogP contribution in [0, 0.1) is 6.92 Å². The van der Waals surface area contributed by atoms with Crippen LogP contribution in [0.5, 0.6) is 11.5 Å². The Bertz CT molecular complexity index is 454. The number of ether oxygens (including phenoxy) is 1. The molecule has 0 radical (unpaired) electrons. The van der Waals surface area contributed by atoms with Crippen molar-refractivity contribution in [3.63, 3.8) is 0 Å². The molecular weight excluding hydrogens is 190 g/mol. The molecule has 0 bridgehead atoms. The molecule has 0 spiro atoms. The Morgan fingerprint density at radius 3 is 2.40 bits per heavy atom. The lowest BCUT2D eigenvalue weighted by Gasteiger charge is -2.02. The van der Waals surface area contributed by atoms with Gasteiger partial charge < -0.3 is 4.74 Å². The zero-order chi connectivity index (χ0) is 10.7. The molecule has 0 fully saturated rings. The second-order valence-corrected chi connectivity index (χ2v) is 3.27. The maximum Gasteiger partial charge on any atom is 0.264 e. The molecule has 0 saturated heterocycles. The SMILES string of the molecule is Cc1ccc(Oc2ccccc2)c[n+]1O. The van der Waals surface area contributed by atoms with Gasteiger partial charge >= 0.3 is 0 Å². The molecule has 0 aliphatic rings. The lowest BCUT2D eigenvalue weighted by Crippen LogP contribution is -2.32. The van der Waals surface area contributed by atoms with Crippen molar-refractivity contribution in [2.75, 3.05) is 0 Å². The third kappa shape index (κ3) is 2.26. The number of hydrogen-bond donors (Lipinski definition) is 1. The van der Waals surface area contributed by atoms with Crippen LogP contribution in [0.3, 0.4) is 0 Å². The number of aromatic nitrogens is 1. The third-order valence-corrected chi connectivity index (χ3v) is 2.08. The maximum absolute atomic E-state index is 9.41. The van der Waals surface area contributed by atoms with Crippen LogP contribution < -0.4 is 9.47 Å². The molecule has 2 aromatic rings. The van der Waals surface area contributed by atoms with Gasteiger partial charge in [0.2, 0.25) is 5.69 Å². The van der Waals surface area contributed by atoms with Crippen LogP contribution in [0.2, 0.25) is 0 Å². The predicted molar refractivity (Wildman–Crippen MR) is 55.1 cm³/mol. The molecule has 3 nitrogen and oxygen atoms in total. The highest BCUT2D eigenvalue weighted by molar-refractivity contribution is 5.28. The first kappa shape index (κ1) is 9.52. The standard InChI is InChI=1S/C12H12NO2/c1-10-7-8-12(9-13(10)14)15-11-5-3-2-4-6-11/h2-9,14H,1H3/q+1. The highest BCUT2D eigenvalue weighted by Crippen LogP contribution is 2.18. The van der Waals surface area contributed by atoms with Gasteiger partial charge in [0, 0.05) is 17.7 Å². The summed E-state index contributed by atoms with van der Waals surface area (Å²) in [5.74, 6) is 1.36. The van der Waals surface area contributed by atoms with Gasteiger partial charge in [0.25, 0.3) is 6.20 Å². The van der Waals surface area contributed by atoms with E-state index < -0.39 is 0 Å². The monoisotopic (exact) mass is 202 g/mol. The molecule has 1 aromatic carbocycles. The summed E-state index contributed by atoms with van der Waals surface area (Å²) < 4.78 is 6.57. The number of benzene rings is 1. The Balaban J connectivity index is 2.22. The minimum absolute atomic E-state index is 0.606. The van der Waals surface area contributed by atoms with Crippen LogP contribution in [0.15, 0.2) is 48.7 Å². The van der Waals surface area contributed by atoms with Crippen molar-refractivity contribution in [1.29, 1.82) is 0 Å². The molecule has 1 aromatic heterocycles. The van der Waals surface area contributed by atoms with Crippen molar-refractivity contribution in [2.45, 2.75) is 6.92 Å². The first-order valence-corrected chi connectivity index (χ1v) is 4.70. The molecule has 0 aliphatic heterocycles. The fourth-order valence-corrected chi connectivity index (χ4v) is 1.23. The average Bonchev–Trinajstić information content (AvgIpc) is 2.25. The van der Waals surface area contributed by atoms with Crippen LogP contribution in [0.25, 0.3) is 0 Å². The van der Waals surface area contributed by atoms with E-state index in [0.29, 0.717) is 5.75 Å². The summed E-state index contributed by atoms with van der Waals surface area (Å²) in [7, 11) is 0. The quantitative estimate of drug-likeness (QED) is 0.599. The zero-order valence-corrected chi connectivity index (χ0v) is 8.42. The maximum atomic E-state index is 9.41. The van der Waals surface area contributed by atoms with E-state index in [1.54, 1.807) is 6.07 Å². The van der Waals surface area contributed by atoms with Crippen LogP contribution in [-0.2, 0) is 0 Å². The molecule has 1 N–H and O–H groups in total. The molecule has 0 saturated carbocycles. The summed E-state index contributed by atoms with van der Waals surface area (Å²) in [4.78, 5) is 0. The van der Waals surface area contributed by atoms with Crippen molar-refractivity contribution < 1.29 is 14.7 Å². The Morgan fingerprint density at radius 1 is 1.00 bits per heavy atom. The predicted octanol–water partition coefficient (Wildman–Crippen LogP) is 2.31. The van der Waals surface area contributed by atoms with E-state index in [4.69, 9.17) is 4.74 Å². The summed E-state index contributed by atoms with van der Waals surface area (Å²) in [5.41, 5.74) is 0.760. The minimum atomic E-state index is 0.606. The normalized spacial score (nSPS) is 9.93. The molecule has 3 heteroatoms. The molecule has 76 valence electrons. The average molecular weight is 202 g/mol. The van der Waals surface area contributed by atoms with Crippen molar-refractivity contribution in [3.05, 3.63) is 54.4 Å². The van der Waals surface area contributed by atoms with E-state index in [-0.39, 0.29) is 0 Å². The van der Waals surface area contributed by atoms with E-state index >= 15 is 0 Å². The number of nitrogens with zero attached hydrogens (tertiary/aromatic N) is 1. The van der Waals surface area contributed by atoms with Crippen LogP contribution in [0.4, 0.5) is 0 Å².